The maximum Gasteiger partial charge on any atom is 0.111 e. The first kappa shape index (κ1) is 12.8. The molecule has 0 aromatic rings. The average Bonchev–Trinajstić information content (AvgIpc) is 2.12. The van der Waals surface area contributed by atoms with Crippen LogP contribution in [0.2, 0.25) is 0 Å². The van der Waals surface area contributed by atoms with E-state index in [0.717, 1.165) is 0 Å². The first-order valence-corrected chi connectivity index (χ1v) is 3.93. The minimum absolute atomic E-state index is 0.731. The van der Waals surface area contributed by atoms with Gasteiger partial charge in [-0.05, 0) is 6.92 Å². The molecule has 0 saturated heterocycles. The SMILES string of the molecule is CC(O)[C@@H](O)[C@@H](O)[C@H](O)[C@H](O)CO. The largest absolute Gasteiger partial charge is 0.394 e. The number of aliphatic hydroxyl groups is 6. The molecular weight excluding hydrogens is 180 g/mol. The molecule has 1 unspecified atom stereocenters. The summed E-state index contributed by atoms with van der Waals surface area (Å²) in [5.41, 5.74) is 0. The fraction of sp³-hybridized carbons (Fsp3) is 1.00. The third-order valence-electron chi connectivity index (χ3n) is 1.78. The van der Waals surface area contributed by atoms with Gasteiger partial charge in [0.05, 0.1) is 12.7 Å². The second-order valence-corrected chi connectivity index (χ2v) is 2.96. The summed E-state index contributed by atoms with van der Waals surface area (Å²) in [7, 11) is 0. The van der Waals surface area contributed by atoms with Crippen LogP contribution in [-0.4, -0.2) is 67.8 Å². The van der Waals surface area contributed by atoms with Crippen molar-refractivity contribution in [3.8, 4) is 0 Å². The lowest BCUT2D eigenvalue weighted by Gasteiger charge is -2.26. The zero-order chi connectivity index (χ0) is 10.6. The maximum absolute atomic E-state index is 9.13. The van der Waals surface area contributed by atoms with E-state index in [1.54, 1.807) is 0 Å². The minimum Gasteiger partial charge on any atom is -0.394 e. The second kappa shape index (κ2) is 5.48. The summed E-state index contributed by atoms with van der Waals surface area (Å²) in [5.74, 6) is 0. The highest BCUT2D eigenvalue weighted by Crippen LogP contribution is 2.07. The van der Waals surface area contributed by atoms with Crippen molar-refractivity contribution in [1.82, 2.24) is 0 Å². The van der Waals surface area contributed by atoms with E-state index in [2.05, 4.69) is 0 Å². The van der Waals surface area contributed by atoms with E-state index in [9.17, 15) is 0 Å². The van der Waals surface area contributed by atoms with E-state index >= 15 is 0 Å². The molecule has 6 heteroatoms. The van der Waals surface area contributed by atoms with Gasteiger partial charge in [-0.2, -0.15) is 0 Å². The summed E-state index contributed by atoms with van der Waals surface area (Å²) in [4.78, 5) is 0. The number of hydrogen-bond acceptors (Lipinski definition) is 6. The van der Waals surface area contributed by atoms with Crippen molar-refractivity contribution in [2.75, 3.05) is 6.61 Å². The minimum atomic E-state index is -1.69. The Hall–Kier alpha value is -0.240. The molecule has 0 heterocycles. The first-order chi connectivity index (χ1) is 5.91. The highest BCUT2D eigenvalue weighted by molar-refractivity contribution is 4.82. The number of aliphatic hydroxyl groups excluding tert-OH is 6. The van der Waals surface area contributed by atoms with Crippen LogP contribution in [0.25, 0.3) is 0 Å². The Morgan fingerprint density at radius 3 is 1.62 bits per heavy atom. The summed E-state index contributed by atoms with van der Waals surface area (Å²) >= 11 is 0. The topological polar surface area (TPSA) is 121 Å². The Labute approximate surface area is 75.7 Å². The fourth-order valence-corrected chi connectivity index (χ4v) is 0.823. The number of rotatable bonds is 5. The Morgan fingerprint density at radius 2 is 1.31 bits per heavy atom. The van der Waals surface area contributed by atoms with Gasteiger partial charge in [0.2, 0.25) is 0 Å². The summed E-state index contributed by atoms with van der Waals surface area (Å²) in [6.07, 6.45) is -7.70. The van der Waals surface area contributed by atoms with Crippen LogP contribution < -0.4 is 0 Å². The van der Waals surface area contributed by atoms with E-state index in [4.69, 9.17) is 30.6 Å². The highest BCUT2D eigenvalue weighted by Gasteiger charge is 2.32. The van der Waals surface area contributed by atoms with Crippen molar-refractivity contribution >= 4 is 0 Å². The Morgan fingerprint density at radius 1 is 0.846 bits per heavy atom. The molecule has 0 rings (SSSR count). The maximum atomic E-state index is 9.13. The second-order valence-electron chi connectivity index (χ2n) is 2.96. The van der Waals surface area contributed by atoms with E-state index in [0.29, 0.717) is 0 Å². The van der Waals surface area contributed by atoms with Gasteiger partial charge in [0.1, 0.15) is 24.4 Å². The summed E-state index contributed by atoms with van der Waals surface area (Å²) in [6.45, 7) is 0.497. The van der Waals surface area contributed by atoms with Crippen LogP contribution in [0.3, 0.4) is 0 Å². The molecule has 6 N–H and O–H groups in total. The van der Waals surface area contributed by atoms with E-state index in [1.165, 1.54) is 6.92 Å². The van der Waals surface area contributed by atoms with Gasteiger partial charge < -0.3 is 30.6 Å². The molecule has 0 aliphatic rings. The monoisotopic (exact) mass is 196 g/mol. The molecule has 6 nitrogen and oxygen atoms in total. The zero-order valence-corrected chi connectivity index (χ0v) is 7.28. The Bertz CT molecular complexity index is 139. The highest BCUT2D eigenvalue weighted by atomic mass is 16.4. The van der Waals surface area contributed by atoms with Crippen LogP contribution in [0, 0.1) is 0 Å². The van der Waals surface area contributed by atoms with E-state index in [-0.39, 0.29) is 0 Å². The van der Waals surface area contributed by atoms with Crippen molar-refractivity contribution < 1.29 is 30.6 Å². The molecule has 0 bridgehead atoms. The summed E-state index contributed by atoms with van der Waals surface area (Å²) in [5, 5.41) is 53.4. The van der Waals surface area contributed by atoms with E-state index < -0.39 is 37.1 Å². The van der Waals surface area contributed by atoms with Crippen LogP contribution in [0.5, 0.6) is 0 Å². The van der Waals surface area contributed by atoms with Crippen molar-refractivity contribution in [3.05, 3.63) is 0 Å². The average molecular weight is 196 g/mol. The number of hydrogen-bond donors (Lipinski definition) is 6. The molecule has 13 heavy (non-hydrogen) atoms. The smallest absolute Gasteiger partial charge is 0.111 e. The van der Waals surface area contributed by atoms with Gasteiger partial charge in [0.15, 0.2) is 0 Å². The van der Waals surface area contributed by atoms with Crippen molar-refractivity contribution in [3.63, 3.8) is 0 Å². The summed E-state index contributed by atoms with van der Waals surface area (Å²) < 4.78 is 0. The summed E-state index contributed by atoms with van der Waals surface area (Å²) in [6, 6.07) is 0. The normalized spacial score (nSPS) is 23.3. The lowest BCUT2D eigenvalue weighted by Crippen LogP contribution is -2.49. The molecule has 0 spiro atoms. The predicted molar refractivity (Wildman–Crippen MR) is 42.8 cm³/mol. The zero-order valence-electron chi connectivity index (χ0n) is 7.28. The molecule has 0 saturated carbocycles. The molecule has 0 aromatic heterocycles. The van der Waals surface area contributed by atoms with Gasteiger partial charge in [-0.3, -0.25) is 0 Å². The first-order valence-electron chi connectivity index (χ1n) is 3.93. The third kappa shape index (κ3) is 3.55. The fourth-order valence-electron chi connectivity index (χ4n) is 0.823. The molecule has 0 aromatic carbocycles. The van der Waals surface area contributed by atoms with Gasteiger partial charge in [-0.15, -0.1) is 0 Å². The molecular formula is C7H16O6. The Balaban J connectivity index is 4.15. The van der Waals surface area contributed by atoms with Gasteiger partial charge in [0, 0.05) is 0 Å². The quantitative estimate of drug-likeness (QED) is 0.275. The third-order valence-corrected chi connectivity index (χ3v) is 1.78. The standard InChI is InChI=1S/C7H16O6/c1-3(9)5(11)7(13)6(12)4(10)2-8/h3-13H,2H2,1H3/t3?,4-,5-,6-,7-/m1/s1. The van der Waals surface area contributed by atoms with Crippen LogP contribution in [0.4, 0.5) is 0 Å². The molecule has 0 amide bonds. The predicted octanol–water partition coefficient (Wildman–Crippen LogP) is -3.20. The molecule has 0 fully saturated rings. The Kier molecular flexibility index (Phi) is 5.38. The molecule has 0 aliphatic heterocycles. The van der Waals surface area contributed by atoms with Crippen LogP contribution in [-0.2, 0) is 0 Å². The van der Waals surface area contributed by atoms with Gasteiger partial charge >= 0.3 is 0 Å². The lowest BCUT2D eigenvalue weighted by atomic mass is 10.0. The van der Waals surface area contributed by atoms with Gasteiger partial charge in [-0.25, -0.2) is 0 Å². The van der Waals surface area contributed by atoms with Crippen LogP contribution in [0.1, 0.15) is 6.92 Å². The van der Waals surface area contributed by atoms with Crippen molar-refractivity contribution in [2.45, 2.75) is 37.4 Å². The van der Waals surface area contributed by atoms with E-state index in [1.807, 2.05) is 0 Å². The van der Waals surface area contributed by atoms with Crippen molar-refractivity contribution in [1.29, 1.82) is 0 Å². The molecule has 80 valence electrons. The van der Waals surface area contributed by atoms with Crippen molar-refractivity contribution in [2.24, 2.45) is 0 Å². The van der Waals surface area contributed by atoms with Crippen LogP contribution >= 0.6 is 0 Å². The molecule has 0 radical (unpaired) electrons. The van der Waals surface area contributed by atoms with Gasteiger partial charge in [0.25, 0.3) is 0 Å². The lowest BCUT2D eigenvalue weighted by molar-refractivity contribution is -0.137. The van der Waals surface area contributed by atoms with Crippen LogP contribution in [0.15, 0.2) is 0 Å². The molecule has 5 atom stereocenters. The van der Waals surface area contributed by atoms with Gasteiger partial charge in [-0.1, -0.05) is 0 Å². The molecule has 0 aliphatic carbocycles.